The Kier molecular flexibility index (Phi) is 5.13. The number of pyridine rings is 1. The Balaban J connectivity index is 2.14. The van der Waals surface area contributed by atoms with Gasteiger partial charge in [-0.15, -0.1) is 0 Å². The summed E-state index contributed by atoms with van der Waals surface area (Å²) in [7, 11) is 0. The normalized spacial score (nSPS) is 11.9. The molecule has 1 heterocycles. The zero-order valence-electron chi connectivity index (χ0n) is 11.3. The van der Waals surface area contributed by atoms with Gasteiger partial charge in [-0.2, -0.15) is 0 Å². The van der Waals surface area contributed by atoms with Crippen molar-refractivity contribution in [2.24, 2.45) is 0 Å². The Bertz CT molecular complexity index is 572. The first-order valence-electron chi connectivity index (χ1n) is 6.68. The van der Waals surface area contributed by atoms with Gasteiger partial charge in [0.15, 0.2) is 0 Å². The molecule has 1 aromatic carbocycles. The van der Waals surface area contributed by atoms with Gasteiger partial charge in [0, 0.05) is 11.8 Å². The molecule has 0 aliphatic heterocycles. The van der Waals surface area contributed by atoms with E-state index in [9.17, 15) is 4.79 Å². The Morgan fingerprint density at radius 2 is 2.05 bits per heavy atom. The standard InChI is InChI=1S/C16H17ClN2O/c1-2-6-14(12-7-4-3-5-8-12)19-16(20)13-9-10-18-15(17)11-13/h3-5,7-11,14H,2,6H2,1H3,(H,19,20)/t14-/m0/s1. The van der Waals surface area contributed by atoms with Crippen molar-refractivity contribution in [2.45, 2.75) is 25.8 Å². The first-order chi connectivity index (χ1) is 9.70. The van der Waals surface area contributed by atoms with Crippen LogP contribution >= 0.6 is 11.6 Å². The van der Waals surface area contributed by atoms with Gasteiger partial charge in [-0.05, 0) is 24.1 Å². The average molecular weight is 289 g/mol. The van der Waals surface area contributed by atoms with Crippen LogP contribution in [0.1, 0.15) is 41.7 Å². The maximum atomic E-state index is 12.3. The second-order valence-electron chi connectivity index (χ2n) is 4.59. The van der Waals surface area contributed by atoms with Crippen molar-refractivity contribution in [3.63, 3.8) is 0 Å². The van der Waals surface area contributed by atoms with Crippen LogP contribution < -0.4 is 5.32 Å². The van der Waals surface area contributed by atoms with Crippen molar-refractivity contribution in [2.75, 3.05) is 0 Å². The second-order valence-corrected chi connectivity index (χ2v) is 4.98. The monoisotopic (exact) mass is 288 g/mol. The lowest BCUT2D eigenvalue weighted by Gasteiger charge is -2.18. The molecule has 1 atom stereocenters. The summed E-state index contributed by atoms with van der Waals surface area (Å²) in [4.78, 5) is 16.1. The maximum absolute atomic E-state index is 12.3. The number of carbonyl (C=O) groups excluding carboxylic acids is 1. The first-order valence-corrected chi connectivity index (χ1v) is 7.06. The van der Waals surface area contributed by atoms with Gasteiger partial charge in [-0.3, -0.25) is 4.79 Å². The zero-order valence-corrected chi connectivity index (χ0v) is 12.1. The van der Waals surface area contributed by atoms with Crippen LogP contribution in [0, 0.1) is 0 Å². The molecule has 1 aromatic heterocycles. The largest absolute Gasteiger partial charge is 0.345 e. The van der Waals surface area contributed by atoms with E-state index < -0.39 is 0 Å². The minimum Gasteiger partial charge on any atom is -0.345 e. The molecule has 0 saturated carbocycles. The molecule has 0 aliphatic rings. The van der Waals surface area contributed by atoms with Crippen LogP contribution in [0.3, 0.4) is 0 Å². The van der Waals surface area contributed by atoms with E-state index in [4.69, 9.17) is 11.6 Å². The molecule has 2 rings (SSSR count). The van der Waals surface area contributed by atoms with E-state index in [2.05, 4.69) is 17.2 Å². The third-order valence-electron chi connectivity index (χ3n) is 3.07. The Morgan fingerprint density at radius 3 is 2.70 bits per heavy atom. The van der Waals surface area contributed by atoms with E-state index in [-0.39, 0.29) is 11.9 Å². The number of aromatic nitrogens is 1. The van der Waals surface area contributed by atoms with Crippen molar-refractivity contribution >= 4 is 17.5 Å². The van der Waals surface area contributed by atoms with E-state index in [1.165, 1.54) is 6.20 Å². The van der Waals surface area contributed by atoms with E-state index in [0.717, 1.165) is 18.4 Å². The fourth-order valence-corrected chi connectivity index (χ4v) is 2.26. The highest BCUT2D eigenvalue weighted by Gasteiger charge is 2.15. The fourth-order valence-electron chi connectivity index (χ4n) is 2.08. The van der Waals surface area contributed by atoms with Gasteiger partial charge in [-0.1, -0.05) is 55.3 Å². The summed E-state index contributed by atoms with van der Waals surface area (Å²) < 4.78 is 0. The van der Waals surface area contributed by atoms with Crippen LogP contribution in [0.4, 0.5) is 0 Å². The van der Waals surface area contributed by atoms with Crippen molar-refractivity contribution in [1.82, 2.24) is 10.3 Å². The third-order valence-corrected chi connectivity index (χ3v) is 3.28. The highest BCUT2D eigenvalue weighted by atomic mass is 35.5. The molecule has 104 valence electrons. The Morgan fingerprint density at radius 1 is 1.30 bits per heavy atom. The minimum absolute atomic E-state index is 0.0145. The second kappa shape index (κ2) is 7.06. The molecule has 0 fully saturated rings. The molecule has 0 aliphatic carbocycles. The topological polar surface area (TPSA) is 42.0 Å². The summed E-state index contributed by atoms with van der Waals surface area (Å²) >= 11 is 5.81. The van der Waals surface area contributed by atoms with E-state index >= 15 is 0 Å². The van der Waals surface area contributed by atoms with E-state index in [1.54, 1.807) is 12.1 Å². The average Bonchev–Trinajstić information content (AvgIpc) is 2.47. The van der Waals surface area contributed by atoms with Crippen LogP contribution in [0.5, 0.6) is 0 Å². The molecule has 1 N–H and O–H groups in total. The minimum atomic E-state index is -0.128. The molecule has 0 saturated heterocycles. The molecule has 0 bridgehead atoms. The van der Waals surface area contributed by atoms with Crippen molar-refractivity contribution < 1.29 is 4.79 Å². The van der Waals surface area contributed by atoms with Crippen molar-refractivity contribution in [3.8, 4) is 0 Å². The fraction of sp³-hybridized carbons (Fsp3) is 0.250. The predicted molar refractivity (Wildman–Crippen MR) is 80.8 cm³/mol. The smallest absolute Gasteiger partial charge is 0.251 e. The first kappa shape index (κ1) is 14.5. The molecule has 4 heteroatoms. The van der Waals surface area contributed by atoms with Gasteiger partial charge in [0.1, 0.15) is 5.15 Å². The van der Waals surface area contributed by atoms with Gasteiger partial charge >= 0.3 is 0 Å². The molecule has 2 aromatic rings. The third kappa shape index (κ3) is 3.81. The summed E-state index contributed by atoms with van der Waals surface area (Å²) in [6, 6.07) is 13.2. The molecular formula is C16H17ClN2O. The summed E-state index contributed by atoms with van der Waals surface area (Å²) in [5, 5.41) is 3.38. The van der Waals surface area contributed by atoms with Crippen LogP contribution in [-0.2, 0) is 0 Å². The van der Waals surface area contributed by atoms with Crippen LogP contribution in [0.25, 0.3) is 0 Å². The predicted octanol–water partition coefficient (Wildman–Crippen LogP) is 4.01. The van der Waals surface area contributed by atoms with Crippen LogP contribution in [-0.4, -0.2) is 10.9 Å². The highest BCUT2D eigenvalue weighted by molar-refractivity contribution is 6.29. The zero-order chi connectivity index (χ0) is 14.4. The molecular weight excluding hydrogens is 272 g/mol. The molecule has 0 spiro atoms. The number of amides is 1. The number of hydrogen-bond donors (Lipinski definition) is 1. The molecule has 0 radical (unpaired) electrons. The number of carbonyl (C=O) groups is 1. The quantitative estimate of drug-likeness (QED) is 0.845. The van der Waals surface area contributed by atoms with E-state index in [1.807, 2.05) is 30.3 Å². The maximum Gasteiger partial charge on any atom is 0.251 e. The van der Waals surface area contributed by atoms with Gasteiger partial charge in [0.05, 0.1) is 6.04 Å². The lowest BCUT2D eigenvalue weighted by Crippen LogP contribution is -2.28. The van der Waals surface area contributed by atoms with Gasteiger partial charge < -0.3 is 5.32 Å². The number of nitrogens with zero attached hydrogens (tertiary/aromatic N) is 1. The van der Waals surface area contributed by atoms with Gasteiger partial charge in [0.25, 0.3) is 5.91 Å². The van der Waals surface area contributed by atoms with Crippen LogP contribution in [0.2, 0.25) is 5.15 Å². The van der Waals surface area contributed by atoms with Gasteiger partial charge in [0.2, 0.25) is 0 Å². The number of rotatable bonds is 5. The van der Waals surface area contributed by atoms with Gasteiger partial charge in [-0.25, -0.2) is 4.98 Å². The molecule has 20 heavy (non-hydrogen) atoms. The Labute approximate surface area is 124 Å². The summed E-state index contributed by atoms with van der Waals surface area (Å²) in [6.45, 7) is 2.10. The number of benzene rings is 1. The lowest BCUT2D eigenvalue weighted by molar-refractivity contribution is 0.0934. The molecule has 1 amide bonds. The van der Waals surface area contributed by atoms with E-state index in [0.29, 0.717) is 10.7 Å². The number of hydrogen-bond acceptors (Lipinski definition) is 2. The summed E-state index contributed by atoms with van der Waals surface area (Å²) in [5.41, 5.74) is 1.64. The summed E-state index contributed by atoms with van der Waals surface area (Å²) in [5.74, 6) is -0.128. The van der Waals surface area contributed by atoms with Crippen LogP contribution in [0.15, 0.2) is 48.7 Å². The Hall–Kier alpha value is -1.87. The molecule has 3 nitrogen and oxygen atoms in total. The number of nitrogens with one attached hydrogen (secondary N) is 1. The van der Waals surface area contributed by atoms with Crippen molar-refractivity contribution in [3.05, 3.63) is 64.9 Å². The summed E-state index contributed by atoms with van der Waals surface area (Å²) in [6.07, 6.45) is 3.43. The molecule has 0 unspecified atom stereocenters. The SMILES string of the molecule is CCC[C@H](NC(=O)c1ccnc(Cl)c1)c1ccccc1. The highest BCUT2D eigenvalue weighted by Crippen LogP contribution is 2.19. The van der Waals surface area contributed by atoms with Crippen molar-refractivity contribution in [1.29, 1.82) is 0 Å². The number of halogens is 1. The lowest BCUT2D eigenvalue weighted by atomic mass is 10.0.